The SMILES string of the molecule is C1=CC2CC1CC2CN(Cc1nc2ccccc2[nH]1)Cc1nc2ccccc2[nH]1. The van der Waals surface area contributed by atoms with E-state index in [0.717, 1.165) is 71.1 Å². The van der Waals surface area contributed by atoms with E-state index in [1.165, 1.54) is 12.8 Å². The second-order valence-electron chi connectivity index (χ2n) is 8.61. The predicted octanol–water partition coefficient (Wildman–Crippen LogP) is 4.65. The lowest BCUT2D eigenvalue weighted by Gasteiger charge is -2.27. The van der Waals surface area contributed by atoms with Crippen molar-refractivity contribution in [1.29, 1.82) is 0 Å². The van der Waals surface area contributed by atoms with Gasteiger partial charge in [-0.2, -0.15) is 0 Å². The summed E-state index contributed by atoms with van der Waals surface area (Å²) in [4.78, 5) is 19.1. The summed E-state index contributed by atoms with van der Waals surface area (Å²) in [7, 11) is 0. The van der Waals surface area contributed by atoms with Crippen LogP contribution in [0.2, 0.25) is 0 Å². The molecule has 2 heterocycles. The van der Waals surface area contributed by atoms with Gasteiger partial charge in [-0.25, -0.2) is 9.97 Å². The summed E-state index contributed by atoms with van der Waals surface area (Å²) in [5.74, 6) is 4.33. The Hall–Kier alpha value is -2.92. The van der Waals surface area contributed by atoms with Gasteiger partial charge in [-0.05, 0) is 54.9 Å². The highest BCUT2D eigenvalue weighted by Crippen LogP contribution is 2.43. The monoisotopic (exact) mass is 383 g/mol. The van der Waals surface area contributed by atoms with E-state index in [1.807, 2.05) is 12.1 Å². The van der Waals surface area contributed by atoms with Gasteiger partial charge in [-0.1, -0.05) is 36.4 Å². The molecule has 3 unspecified atom stereocenters. The second kappa shape index (κ2) is 6.85. The van der Waals surface area contributed by atoms with Gasteiger partial charge in [0.15, 0.2) is 0 Å². The number of fused-ring (bicyclic) bond motifs is 4. The van der Waals surface area contributed by atoms with Crippen LogP contribution in [0.5, 0.6) is 0 Å². The fourth-order valence-corrected chi connectivity index (χ4v) is 5.21. The maximum Gasteiger partial charge on any atom is 0.121 e. The third-order valence-corrected chi connectivity index (χ3v) is 6.53. The van der Waals surface area contributed by atoms with Crippen LogP contribution in [0.4, 0.5) is 0 Å². The van der Waals surface area contributed by atoms with Crippen LogP contribution < -0.4 is 0 Å². The highest BCUT2D eigenvalue weighted by atomic mass is 15.2. The standard InChI is InChI=1S/C24H25N5/c1-2-6-20-19(5-1)25-23(26-20)14-29(13-18-12-16-9-10-17(18)11-16)15-24-27-21-7-3-4-8-22(21)28-24/h1-10,16-18H,11-15H2,(H,25,26)(H,27,28). The number of hydrogen-bond acceptors (Lipinski definition) is 3. The number of aromatic nitrogens is 4. The van der Waals surface area contributed by atoms with Crippen LogP contribution in [0.15, 0.2) is 60.7 Å². The van der Waals surface area contributed by atoms with E-state index in [4.69, 9.17) is 9.97 Å². The summed E-state index contributed by atoms with van der Waals surface area (Å²) in [6.07, 6.45) is 7.52. The minimum Gasteiger partial charge on any atom is -0.341 e. The zero-order valence-corrected chi connectivity index (χ0v) is 16.4. The molecule has 0 spiro atoms. The number of hydrogen-bond donors (Lipinski definition) is 2. The van der Waals surface area contributed by atoms with Crippen LogP contribution >= 0.6 is 0 Å². The van der Waals surface area contributed by atoms with E-state index >= 15 is 0 Å². The molecule has 0 saturated heterocycles. The Morgan fingerprint density at radius 3 is 1.93 bits per heavy atom. The van der Waals surface area contributed by atoms with Gasteiger partial charge < -0.3 is 9.97 Å². The minimum atomic E-state index is 0.735. The van der Waals surface area contributed by atoms with Gasteiger partial charge in [-0.3, -0.25) is 4.90 Å². The summed E-state index contributed by atoms with van der Waals surface area (Å²) >= 11 is 0. The number of nitrogens with one attached hydrogen (secondary N) is 2. The second-order valence-corrected chi connectivity index (χ2v) is 8.61. The Labute approximate surface area is 169 Å². The van der Waals surface area contributed by atoms with E-state index in [-0.39, 0.29) is 0 Å². The van der Waals surface area contributed by atoms with Crippen molar-refractivity contribution >= 4 is 22.1 Å². The summed E-state index contributed by atoms with van der Waals surface area (Å²) < 4.78 is 0. The largest absolute Gasteiger partial charge is 0.341 e. The van der Waals surface area contributed by atoms with Crippen molar-refractivity contribution in [3.05, 3.63) is 72.3 Å². The van der Waals surface area contributed by atoms with Crippen LogP contribution in [0.3, 0.4) is 0 Å². The molecule has 1 fully saturated rings. The van der Waals surface area contributed by atoms with Gasteiger partial charge in [0.1, 0.15) is 11.6 Å². The summed E-state index contributed by atoms with van der Waals surface area (Å²) in [5.41, 5.74) is 4.28. The lowest BCUT2D eigenvalue weighted by atomic mass is 9.93. The molecule has 5 heteroatoms. The van der Waals surface area contributed by atoms with Crippen LogP contribution in [0.1, 0.15) is 24.5 Å². The average molecular weight is 383 g/mol. The normalized spacial score (nSPS) is 23.1. The van der Waals surface area contributed by atoms with Gasteiger partial charge in [0, 0.05) is 6.54 Å². The molecule has 2 N–H and O–H groups in total. The fraction of sp³-hybridized carbons (Fsp3) is 0.333. The van der Waals surface area contributed by atoms with Crippen molar-refractivity contribution in [2.24, 2.45) is 17.8 Å². The third kappa shape index (κ3) is 3.25. The zero-order valence-electron chi connectivity index (χ0n) is 16.4. The summed E-state index contributed by atoms with van der Waals surface area (Å²) in [5, 5.41) is 0. The number of rotatable bonds is 6. The quantitative estimate of drug-likeness (QED) is 0.476. The molecule has 146 valence electrons. The average Bonchev–Trinajstić information content (AvgIpc) is 3.50. The lowest BCUT2D eigenvalue weighted by molar-refractivity contribution is 0.192. The Morgan fingerprint density at radius 1 is 0.793 bits per heavy atom. The first-order valence-electron chi connectivity index (χ1n) is 10.6. The lowest BCUT2D eigenvalue weighted by Crippen LogP contribution is -2.31. The minimum absolute atomic E-state index is 0.735. The van der Waals surface area contributed by atoms with E-state index in [0.29, 0.717) is 0 Å². The molecule has 5 nitrogen and oxygen atoms in total. The molecule has 2 aliphatic carbocycles. The molecule has 6 rings (SSSR count). The van der Waals surface area contributed by atoms with Gasteiger partial charge in [0.25, 0.3) is 0 Å². The molecule has 0 aliphatic heterocycles. The van der Waals surface area contributed by atoms with E-state index in [9.17, 15) is 0 Å². The van der Waals surface area contributed by atoms with Crippen molar-refractivity contribution < 1.29 is 0 Å². The molecule has 0 amide bonds. The first-order valence-corrected chi connectivity index (χ1v) is 10.6. The smallest absolute Gasteiger partial charge is 0.121 e. The molecular weight excluding hydrogens is 358 g/mol. The fourth-order valence-electron chi connectivity index (χ4n) is 5.21. The molecule has 4 aromatic rings. The highest BCUT2D eigenvalue weighted by molar-refractivity contribution is 5.75. The molecule has 2 aromatic heterocycles. The molecule has 2 bridgehead atoms. The zero-order chi connectivity index (χ0) is 19.2. The number of aromatic amines is 2. The van der Waals surface area contributed by atoms with E-state index < -0.39 is 0 Å². The van der Waals surface area contributed by atoms with Crippen molar-refractivity contribution in [1.82, 2.24) is 24.8 Å². The number of imidazole rings is 2. The molecule has 2 aliphatic rings. The number of para-hydroxylation sites is 4. The van der Waals surface area contributed by atoms with Gasteiger partial charge in [-0.15, -0.1) is 0 Å². The number of allylic oxidation sites excluding steroid dienone is 2. The van der Waals surface area contributed by atoms with Crippen molar-refractivity contribution in [2.75, 3.05) is 6.54 Å². The molecular formula is C24H25N5. The molecule has 3 atom stereocenters. The van der Waals surface area contributed by atoms with E-state index in [1.54, 1.807) is 0 Å². The highest BCUT2D eigenvalue weighted by Gasteiger charge is 2.36. The Bertz CT molecular complexity index is 1040. The van der Waals surface area contributed by atoms with Crippen molar-refractivity contribution in [3.8, 4) is 0 Å². The molecule has 1 saturated carbocycles. The Morgan fingerprint density at radius 2 is 1.41 bits per heavy atom. The van der Waals surface area contributed by atoms with Crippen LogP contribution in [0, 0.1) is 17.8 Å². The number of nitrogens with zero attached hydrogens (tertiary/aromatic N) is 3. The Balaban J connectivity index is 1.27. The molecule has 29 heavy (non-hydrogen) atoms. The molecule has 0 radical (unpaired) electrons. The summed E-state index contributed by atoms with van der Waals surface area (Å²) in [6.45, 7) is 2.70. The van der Waals surface area contributed by atoms with E-state index in [2.05, 4.69) is 63.4 Å². The number of H-pyrrole nitrogens is 2. The van der Waals surface area contributed by atoms with Gasteiger partial charge in [0.2, 0.25) is 0 Å². The van der Waals surface area contributed by atoms with Gasteiger partial charge >= 0.3 is 0 Å². The molecule has 2 aromatic carbocycles. The first-order chi connectivity index (χ1) is 14.3. The van der Waals surface area contributed by atoms with Crippen LogP contribution in [-0.4, -0.2) is 31.4 Å². The maximum atomic E-state index is 4.82. The first kappa shape index (κ1) is 17.0. The van der Waals surface area contributed by atoms with Crippen LogP contribution in [-0.2, 0) is 13.1 Å². The predicted molar refractivity (Wildman–Crippen MR) is 115 cm³/mol. The maximum absolute atomic E-state index is 4.82. The summed E-state index contributed by atoms with van der Waals surface area (Å²) in [6, 6.07) is 16.5. The van der Waals surface area contributed by atoms with Gasteiger partial charge in [0.05, 0.1) is 35.2 Å². The van der Waals surface area contributed by atoms with Crippen molar-refractivity contribution in [2.45, 2.75) is 25.9 Å². The Kier molecular flexibility index (Phi) is 4.01. The topological polar surface area (TPSA) is 60.6 Å². The third-order valence-electron chi connectivity index (χ3n) is 6.53. The van der Waals surface area contributed by atoms with Crippen LogP contribution in [0.25, 0.3) is 22.1 Å². The number of benzene rings is 2. The van der Waals surface area contributed by atoms with Crippen molar-refractivity contribution in [3.63, 3.8) is 0 Å².